The Hall–Kier alpha value is -2.64. The summed E-state index contributed by atoms with van der Waals surface area (Å²) >= 11 is 0. The van der Waals surface area contributed by atoms with Gasteiger partial charge in [0.15, 0.2) is 0 Å². The van der Waals surface area contributed by atoms with Crippen molar-refractivity contribution in [1.82, 2.24) is 24.6 Å². The van der Waals surface area contributed by atoms with E-state index in [0.717, 1.165) is 41.6 Å². The number of amides is 1. The summed E-state index contributed by atoms with van der Waals surface area (Å²) in [6, 6.07) is 1.17. The zero-order valence-electron chi connectivity index (χ0n) is 13.9. The predicted octanol–water partition coefficient (Wildman–Crippen LogP) is 0.00600. The van der Waals surface area contributed by atoms with Crippen LogP contribution in [-0.4, -0.2) is 25.2 Å². The van der Waals surface area contributed by atoms with E-state index < -0.39 is 17.2 Å². The van der Waals surface area contributed by atoms with Gasteiger partial charge in [0.2, 0.25) is 0 Å². The van der Waals surface area contributed by atoms with Gasteiger partial charge in [0, 0.05) is 25.9 Å². The number of H-pyrrole nitrogens is 1. The highest BCUT2D eigenvalue weighted by Gasteiger charge is 2.18. The van der Waals surface area contributed by atoms with Crippen LogP contribution in [0.3, 0.4) is 0 Å². The lowest BCUT2D eigenvalue weighted by Gasteiger charge is -2.10. The van der Waals surface area contributed by atoms with E-state index in [4.69, 9.17) is 0 Å². The van der Waals surface area contributed by atoms with Crippen LogP contribution in [0.15, 0.2) is 15.7 Å². The van der Waals surface area contributed by atoms with Crippen molar-refractivity contribution in [3.05, 3.63) is 49.5 Å². The maximum absolute atomic E-state index is 12.4. The Morgan fingerprint density at radius 1 is 1.21 bits per heavy atom. The molecule has 1 aliphatic rings. The highest BCUT2D eigenvalue weighted by Crippen LogP contribution is 2.21. The molecule has 0 aliphatic heterocycles. The third-order valence-corrected chi connectivity index (χ3v) is 4.57. The Labute approximate surface area is 138 Å². The molecule has 0 spiro atoms. The molecule has 8 nitrogen and oxygen atoms in total. The van der Waals surface area contributed by atoms with Crippen molar-refractivity contribution in [2.24, 2.45) is 14.1 Å². The Morgan fingerprint density at radius 3 is 2.75 bits per heavy atom. The zero-order chi connectivity index (χ0) is 17.3. The smallest absolute Gasteiger partial charge is 0.331 e. The lowest BCUT2D eigenvalue weighted by Crippen LogP contribution is -2.41. The second-order valence-electron chi connectivity index (χ2n) is 6.14. The Morgan fingerprint density at radius 2 is 1.96 bits per heavy atom. The van der Waals surface area contributed by atoms with Gasteiger partial charge in [-0.1, -0.05) is 6.42 Å². The molecule has 2 aromatic heterocycles. The van der Waals surface area contributed by atoms with E-state index >= 15 is 0 Å². The van der Waals surface area contributed by atoms with Crippen LogP contribution in [-0.2, 0) is 33.5 Å². The van der Waals surface area contributed by atoms with E-state index in [2.05, 4.69) is 15.5 Å². The number of hydrogen-bond donors (Lipinski definition) is 2. The summed E-state index contributed by atoms with van der Waals surface area (Å²) in [7, 11) is 2.85. The topological polar surface area (TPSA) is 102 Å². The Kier molecular flexibility index (Phi) is 4.37. The van der Waals surface area contributed by atoms with Gasteiger partial charge in [-0.05, 0) is 31.2 Å². The minimum atomic E-state index is -0.527. The molecular weight excluding hydrogens is 310 g/mol. The highest BCUT2D eigenvalue weighted by molar-refractivity contribution is 5.92. The van der Waals surface area contributed by atoms with Gasteiger partial charge in [-0.25, -0.2) is 4.79 Å². The van der Waals surface area contributed by atoms with Crippen molar-refractivity contribution in [3.8, 4) is 0 Å². The minimum Gasteiger partial charge on any atom is -0.345 e. The fourth-order valence-electron chi connectivity index (χ4n) is 3.08. The normalized spacial score (nSPS) is 14.1. The summed E-state index contributed by atoms with van der Waals surface area (Å²) in [6.45, 7) is 0.272. The molecule has 8 heteroatoms. The van der Waals surface area contributed by atoms with Gasteiger partial charge in [0.25, 0.3) is 11.5 Å². The van der Waals surface area contributed by atoms with Gasteiger partial charge >= 0.3 is 5.69 Å². The molecule has 24 heavy (non-hydrogen) atoms. The van der Waals surface area contributed by atoms with Crippen molar-refractivity contribution < 1.29 is 4.79 Å². The summed E-state index contributed by atoms with van der Waals surface area (Å²) in [5.74, 6) is -0.460. The summed E-state index contributed by atoms with van der Waals surface area (Å²) in [5.41, 5.74) is 2.18. The molecule has 0 saturated heterocycles. The number of rotatable bonds is 3. The molecule has 2 aromatic rings. The monoisotopic (exact) mass is 331 g/mol. The lowest BCUT2D eigenvalue weighted by atomic mass is 10.1. The molecule has 0 aromatic carbocycles. The summed E-state index contributed by atoms with van der Waals surface area (Å²) in [6.07, 6.45) is 5.41. The van der Waals surface area contributed by atoms with E-state index in [0.29, 0.717) is 0 Å². The van der Waals surface area contributed by atoms with E-state index in [1.54, 1.807) is 0 Å². The zero-order valence-corrected chi connectivity index (χ0v) is 13.9. The average molecular weight is 331 g/mol. The molecule has 3 rings (SSSR count). The third kappa shape index (κ3) is 2.91. The standard InChI is InChI=1S/C16H21N5O3/c1-20-13(8-14(22)21(2)16(20)24)15(23)17-9-12-10-6-4-3-5-7-11(10)18-19-12/h8H,3-7,9H2,1-2H3,(H,17,23)(H,18,19). The molecule has 0 bridgehead atoms. The number of fused-ring (bicyclic) bond motifs is 1. The van der Waals surface area contributed by atoms with Crippen LogP contribution in [0.5, 0.6) is 0 Å². The lowest BCUT2D eigenvalue weighted by molar-refractivity contribution is 0.0940. The third-order valence-electron chi connectivity index (χ3n) is 4.57. The fraction of sp³-hybridized carbons (Fsp3) is 0.500. The number of aromatic amines is 1. The first-order valence-electron chi connectivity index (χ1n) is 8.09. The molecule has 128 valence electrons. The number of carbonyl (C=O) groups is 1. The Balaban J connectivity index is 1.79. The molecule has 0 unspecified atom stereocenters. The van der Waals surface area contributed by atoms with E-state index in [-0.39, 0.29) is 12.2 Å². The summed E-state index contributed by atoms with van der Waals surface area (Å²) in [4.78, 5) is 36.0. The molecule has 1 aliphatic carbocycles. The van der Waals surface area contributed by atoms with Crippen molar-refractivity contribution in [1.29, 1.82) is 0 Å². The molecule has 2 N–H and O–H groups in total. The van der Waals surface area contributed by atoms with Crippen LogP contribution in [0.2, 0.25) is 0 Å². The molecule has 0 atom stereocenters. The van der Waals surface area contributed by atoms with Crippen LogP contribution >= 0.6 is 0 Å². The molecule has 0 fully saturated rings. The number of carbonyl (C=O) groups excluding carboxylic acids is 1. The minimum absolute atomic E-state index is 0.0460. The van der Waals surface area contributed by atoms with Crippen molar-refractivity contribution in [3.63, 3.8) is 0 Å². The second kappa shape index (κ2) is 6.46. The molecule has 0 saturated carbocycles. The van der Waals surface area contributed by atoms with Crippen molar-refractivity contribution in [2.45, 2.75) is 38.6 Å². The van der Waals surface area contributed by atoms with Gasteiger partial charge in [0.1, 0.15) is 5.69 Å². The van der Waals surface area contributed by atoms with Gasteiger partial charge < -0.3 is 5.32 Å². The Bertz CT molecular complexity index is 890. The van der Waals surface area contributed by atoms with E-state index in [9.17, 15) is 14.4 Å². The first-order valence-corrected chi connectivity index (χ1v) is 8.09. The van der Waals surface area contributed by atoms with Gasteiger partial charge in [0.05, 0.1) is 12.2 Å². The molecule has 1 amide bonds. The van der Waals surface area contributed by atoms with Crippen LogP contribution in [0.4, 0.5) is 0 Å². The van der Waals surface area contributed by atoms with E-state index in [1.165, 1.54) is 36.7 Å². The van der Waals surface area contributed by atoms with Gasteiger partial charge in [-0.2, -0.15) is 5.10 Å². The van der Waals surface area contributed by atoms with Gasteiger partial charge in [-0.15, -0.1) is 0 Å². The first-order chi connectivity index (χ1) is 11.5. The number of hydrogen-bond acceptors (Lipinski definition) is 4. The number of aryl methyl sites for hydroxylation is 1. The number of aromatic nitrogens is 4. The average Bonchev–Trinajstić information content (AvgIpc) is 2.80. The summed E-state index contributed by atoms with van der Waals surface area (Å²) < 4.78 is 2.13. The maximum atomic E-state index is 12.4. The van der Waals surface area contributed by atoms with Crippen molar-refractivity contribution >= 4 is 5.91 Å². The van der Waals surface area contributed by atoms with Crippen LogP contribution in [0.25, 0.3) is 0 Å². The molecule has 2 heterocycles. The maximum Gasteiger partial charge on any atom is 0.331 e. The van der Waals surface area contributed by atoms with Gasteiger partial charge in [-0.3, -0.25) is 23.8 Å². The highest BCUT2D eigenvalue weighted by atomic mass is 16.2. The van der Waals surface area contributed by atoms with Crippen molar-refractivity contribution in [2.75, 3.05) is 0 Å². The quantitative estimate of drug-likeness (QED) is 0.773. The molecular formula is C16H21N5O3. The van der Waals surface area contributed by atoms with Crippen LogP contribution in [0.1, 0.15) is 46.7 Å². The molecule has 0 radical (unpaired) electrons. The van der Waals surface area contributed by atoms with Crippen LogP contribution < -0.4 is 16.6 Å². The summed E-state index contributed by atoms with van der Waals surface area (Å²) in [5, 5.41) is 10.1. The predicted molar refractivity (Wildman–Crippen MR) is 87.9 cm³/mol. The first kappa shape index (κ1) is 16.2. The SMILES string of the molecule is Cn1c(C(=O)NCc2n[nH]c3c2CCCCC3)cc(=O)n(C)c1=O. The number of nitrogens with zero attached hydrogens (tertiary/aromatic N) is 3. The fourth-order valence-corrected chi connectivity index (χ4v) is 3.08. The largest absolute Gasteiger partial charge is 0.345 e. The second-order valence-corrected chi connectivity index (χ2v) is 6.14. The van der Waals surface area contributed by atoms with Crippen LogP contribution in [0, 0.1) is 0 Å². The van der Waals surface area contributed by atoms with E-state index in [1.807, 2.05) is 0 Å². The number of nitrogens with one attached hydrogen (secondary N) is 2.